The molecule has 2 aromatic rings. The van der Waals surface area contributed by atoms with Gasteiger partial charge in [-0.25, -0.2) is 0 Å². The summed E-state index contributed by atoms with van der Waals surface area (Å²) in [6.07, 6.45) is 11.7. The lowest BCUT2D eigenvalue weighted by molar-refractivity contribution is 0.108. The maximum Gasteiger partial charge on any atom is 0.0540 e. The lowest BCUT2D eigenvalue weighted by atomic mass is 9.83. The van der Waals surface area contributed by atoms with Crippen molar-refractivity contribution in [2.24, 2.45) is 11.8 Å². The molecule has 0 saturated heterocycles. The lowest BCUT2D eigenvalue weighted by Crippen LogP contribution is -2.19. The van der Waals surface area contributed by atoms with Gasteiger partial charge in [-0.1, -0.05) is 48.5 Å². The molecule has 2 fully saturated rings. The van der Waals surface area contributed by atoms with Crippen LogP contribution in [-0.2, 0) is 19.3 Å². The van der Waals surface area contributed by atoms with E-state index in [-0.39, 0.29) is 12.2 Å². The maximum atomic E-state index is 9.67. The summed E-state index contributed by atoms with van der Waals surface area (Å²) < 4.78 is 0. The minimum absolute atomic E-state index is 0.0596. The van der Waals surface area contributed by atoms with Crippen molar-refractivity contribution in [1.82, 2.24) is 0 Å². The summed E-state index contributed by atoms with van der Waals surface area (Å²) in [5.74, 6) is 1.48. The molecule has 2 aliphatic rings. The van der Waals surface area contributed by atoms with Gasteiger partial charge in [0.25, 0.3) is 0 Å². The highest BCUT2D eigenvalue weighted by Gasteiger charge is 2.20. The molecule has 2 aliphatic carbocycles. The molecule has 0 bridgehead atoms. The van der Waals surface area contributed by atoms with Crippen LogP contribution < -0.4 is 0 Å². The van der Waals surface area contributed by atoms with E-state index in [0.717, 1.165) is 82.5 Å². The van der Waals surface area contributed by atoms with Gasteiger partial charge in [-0.05, 0) is 105 Å². The van der Waals surface area contributed by atoms with Crippen molar-refractivity contribution < 1.29 is 10.2 Å². The van der Waals surface area contributed by atoms with Crippen LogP contribution in [0.2, 0.25) is 0 Å². The Morgan fingerprint density at radius 3 is 1.14 bits per heavy atom. The molecule has 156 valence electrons. The van der Waals surface area contributed by atoms with Gasteiger partial charge in [0.15, 0.2) is 0 Å². The van der Waals surface area contributed by atoms with Crippen molar-refractivity contribution >= 4 is 0 Å². The van der Waals surface area contributed by atoms with E-state index in [4.69, 9.17) is 0 Å². The first-order valence-electron chi connectivity index (χ1n) is 11.7. The van der Waals surface area contributed by atoms with Crippen molar-refractivity contribution in [3.63, 3.8) is 0 Å². The molecule has 0 aliphatic heterocycles. The highest BCUT2D eigenvalue weighted by Crippen LogP contribution is 2.28. The fourth-order valence-electron chi connectivity index (χ4n) is 5.19. The molecule has 29 heavy (non-hydrogen) atoms. The molecule has 0 amide bonds. The van der Waals surface area contributed by atoms with E-state index < -0.39 is 0 Å². The van der Waals surface area contributed by atoms with Crippen LogP contribution in [0.3, 0.4) is 0 Å². The molecule has 0 unspecified atom stereocenters. The minimum Gasteiger partial charge on any atom is -0.393 e. The van der Waals surface area contributed by atoms with E-state index in [1.54, 1.807) is 0 Å². The molecule has 2 N–H and O–H groups in total. The predicted molar refractivity (Wildman–Crippen MR) is 119 cm³/mol. The summed E-state index contributed by atoms with van der Waals surface area (Å²) in [6, 6.07) is 18.3. The predicted octanol–water partition coefficient (Wildman–Crippen LogP) is 5.46. The fraction of sp³-hybridized carbons (Fsp3) is 0.556. The highest BCUT2D eigenvalue weighted by molar-refractivity contribution is 5.31. The zero-order valence-corrected chi connectivity index (χ0v) is 17.6. The Morgan fingerprint density at radius 1 is 0.483 bits per heavy atom. The van der Waals surface area contributed by atoms with Gasteiger partial charge in [0, 0.05) is 0 Å². The summed E-state index contributed by atoms with van der Waals surface area (Å²) in [6.45, 7) is 0. The van der Waals surface area contributed by atoms with Gasteiger partial charge in [0.2, 0.25) is 0 Å². The Morgan fingerprint density at radius 2 is 0.793 bits per heavy atom. The summed E-state index contributed by atoms with van der Waals surface area (Å²) in [5.41, 5.74) is 5.62. The van der Waals surface area contributed by atoms with Gasteiger partial charge in [0.1, 0.15) is 0 Å². The van der Waals surface area contributed by atoms with E-state index in [1.807, 2.05) is 0 Å². The normalized spacial score (nSPS) is 27.7. The van der Waals surface area contributed by atoms with Crippen molar-refractivity contribution in [2.45, 2.75) is 82.8 Å². The SMILES string of the molecule is OC1CCC(Cc2ccc(Cc3ccc(CC4CCC(O)CC4)cc3)cc2)CC1. The van der Waals surface area contributed by atoms with E-state index in [0.29, 0.717) is 0 Å². The molecule has 0 heterocycles. The van der Waals surface area contributed by atoms with Crippen molar-refractivity contribution in [1.29, 1.82) is 0 Å². The summed E-state index contributed by atoms with van der Waals surface area (Å²) in [4.78, 5) is 0. The fourth-order valence-corrected chi connectivity index (χ4v) is 5.19. The molecule has 2 aromatic carbocycles. The van der Waals surface area contributed by atoms with Gasteiger partial charge in [0.05, 0.1) is 12.2 Å². The molecule has 0 atom stereocenters. The van der Waals surface area contributed by atoms with Crippen LogP contribution in [0.25, 0.3) is 0 Å². The molecule has 4 rings (SSSR count). The second kappa shape index (κ2) is 9.91. The third-order valence-corrected chi connectivity index (χ3v) is 7.14. The van der Waals surface area contributed by atoms with E-state index in [9.17, 15) is 10.2 Å². The molecule has 0 radical (unpaired) electrons. The number of aliphatic hydroxyl groups is 2. The molecule has 0 aromatic heterocycles. The highest BCUT2D eigenvalue weighted by atomic mass is 16.3. The monoisotopic (exact) mass is 392 g/mol. The Balaban J connectivity index is 1.26. The summed E-state index contributed by atoms with van der Waals surface area (Å²) >= 11 is 0. The summed E-state index contributed by atoms with van der Waals surface area (Å²) in [5, 5.41) is 19.3. The smallest absolute Gasteiger partial charge is 0.0540 e. The molecule has 2 nitrogen and oxygen atoms in total. The largest absolute Gasteiger partial charge is 0.393 e. The van der Waals surface area contributed by atoms with Crippen LogP contribution in [0.4, 0.5) is 0 Å². The third-order valence-electron chi connectivity index (χ3n) is 7.14. The second-order valence-electron chi connectivity index (χ2n) is 9.57. The zero-order valence-electron chi connectivity index (χ0n) is 17.6. The van der Waals surface area contributed by atoms with E-state index in [1.165, 1.54) is 22.3 Å². The van der Waals surface area contributed by atoms with Crippen molar-refractivity contribution in [3.8, 4) is 0 Å². The lowest BCUT2D eigenvalue weighted by Gasteiger charge is -2.25. The molecule has 0 spiro atoms. The van der Waals surface area contributed by atoms with Crippen LogP contribution in [0.15, 0.2) is 48.5 Å². The number of aliphatic hydroxyl groups excluding tert-OH is 2. The maximum absolute atomic E-state index is 9.67. The number of rotatable bonds is 6. The molecular weight excluding hydrogens is 356 g/mol. The Bertz CT molecular complexity index is 668. The van der Waals surface area contributed by atoms with Crippen LogP contribution in [0.5, 0.6) is 0 Å². The van der Waals surface area contributed by atoms with Gasteiger partial charge >= 0.3 is 0 Å². The average Bonchev–Trinajstić information content (AvgIpc) is 2.74. The first kappa shape index (κ1) is 20.6. The Kier molecular flexibility index (Phi) is 7.05. The second-order valence-corrected chi connectivity index (χ2v) is 9.57. The number of hydrogen-bond acceptors (Lipinski definition) is 2. The zero-order chi connectivity index (χ0) is 20.1. The van der Waals surface area contributed by atoms with Gasteiger partial charge < -0.3 is 10.2 Å². The topological polar surface area (TPSA) is 40.5 Å². The van der Waals surface area contributed by atoms with Crippen LogP contribution in [0, 0.1) is 11.8 Å². The van der Waals surface area contributed by atoms with E-state index >= 15 is 0 Å². The van der Waals surface area contributed by atoms with Gasteiger partial charge in [-0.3, -0.25) is 0 Å². The first-order valence-corrected chi connectivity index (χ1v) is 11.7. The Hall–Kier alpha value is -1.64. The molecule has 2 heteroatoms. The van der Waals surface area contributed by atoms with Gasteiger partial charge in [-0.15, -0.1) is 0 Å². The van der Waals surface area contributed by atoms with Gasteiger partial charge in [-0.2, -0.15) is 0 Å². The van der Waals surface area contributed by atoms with Crippen molar-refractivity contribution in [3.05, 3.63) is 70.8 Å². The summed E-state index contributed by atoms with van der Waals surface area (Å²) in [7, 11) is 0. The Labute approximate surface area is 176 Å². The minimum atomic E-state index is -0.0596. The quantitative estimate of drug-likeness (QED) is 0.685. The average molecular weight is 393 g/mol. The third kappa shape index (κ3) is 6.17. The van der Waals surface area contributed by atoms with Crippen molar-refractivity contribution in [2.75, 3.05) is 0 Å². The molecular formula is C27H36O2. The number of hydrogen-bond donors (Lipinski definition) is 2. The molecule has 2 saturated carbocycles. The van der Waals surface area contributed by atoms with E-state index in [2.05, 4.69) is 48.5 Å². The van der Waals surface area contributed by atoms with Crippen LogP contribution in [-0.4, -0.2) is 22.4 Å². The van der Waals surface area contributed by atoms with Crippen LogP contribution >= 0.6 is 0 Å². The first-order chi connectivity index (χ1) is 14.1. The standard InChI is InChI=1S/C27H36O2/c28-26-13-9-24(10-14-26)18-22-5-1-20(2-6-22)17-21-3-7-23(8-4-21)19-25-11-15-27(29)16-12-25/h1-8,24-29H,9-19H2. The number of benzene rings is 2. The van der Waals surface area contributed by atoms with Crippen LogP contribution in [0.1, 0.15) is 73.6 Å².